The van der Waals surface area contributed by atoms with E-state index < -0.39 is 0 Å². The van der Waals surface area contributed by atoms with Crippen molar-refractivity contribution in [3.8, 4) is 11.1 Å². The van der Waals surface area contributed by atoms with Gasteiger partial charge in [-0.3, -0.25) is 0 Å². The van der Waals surface area contributed by atoms with E-state index in [1.165, 1.54) is 36.7 Å². The third kappa shape index (κ3) is 3.86. The number of nitrogens with zero attached hydrogens (tertiary/aromatic N) is 1. The first kappa shape index (κ1) is 24.2. The minimum atomic E-state index is 0.886. The molecule has 0 aliphatic heterocycles. The van der Waals surface area contributed by atoms with Crippen molar-refractivity contribution in [1.82, 2.24) is 0 Å². The smallest absolute Gasteiger partial charge is 0.143 e. The molecule has 202 valence electrons. The first-order valence-electron chi connectivity index (χ1n) is 14.5. The Morgan fingerprint density at radius 3 is 2.05 bits per heavy atom. The average Bonchev–Trinajstić information content (AvgIpc) is 3.64. The van der Waals surface area contributed by atoms with Gasteiger partial charge in [0.05, 0.1) is 5.69 Å². The molecule has 0 spiro atoms. The molecule has 2 aromatic heterocycles. The fourth-order valence-electron chi connectivity index (χ4n) is 6.44. The summed E-state index contributed by atoms with van der Waals surface area (Å²) < 4.78 is 9.20. The summed E-state index contributed by atoms with van der Waals surface area (Å²) in [5.41, 5.74) is 7.55. The van der Waals surface area contributed by atoms with Crippen molar-refractivity contribution in [3.63, 3.8) is 0 Å². The van der Waals surface area contributed by atoms with Crippen LogP contribution in [0.2, 0.25) is 0 Å². The normalized spacial score (nSPS) is 11.7. The molecular formula is C40H25NOS. The molecule has 0 bridgehead atoms. The van der Waals surface area contributed by atoms with Crippen LogP contribution < -0.4 is 4.90 Å². The third-order valence-corrected chi connectivity index (χ3v) is 9.60. The van der Waals surface area contributed by atoms with Gasteiger partial charge in [0.2, 0.25) is 0 Å². The molecule has 0 amide bonds. The summed E-state index contributed by atoms with van der Waals surface area (Å²) in [6.45, 7) is 0. The zero-order valence-electron chi connectivity index (χ0n) is 23.2. The van der Waals surface area contributed by atoms with Gasteiger partial charge in [0.1, 0.15) is 11.2 Å². The summed E-state index contributed by atoms with van der Waals surface area (Å²) in [7, 11) is 0. The van der Waals surface area contributed by atoms with Crippen molar-refractivity contribution in [1.29, 1.82) is 0 Å². The molecule has 9 rings (SSSR count). The monoisotopic (exact) mass is 567 g/mol. The van der Waals surface area contributed by atoms with Gasteiger partial charge in [-0.1, -0.05) is 97.1 Å². The zero-order valence-corrected chi connectivity index (χ0v) is 24.0. The second kappa shape index (κ2) is 9.59. The highest BCUT2D eigenvalue weighted by Gasteiger charge is 2.20. The van der Waals surface area contributed by atoms with Crippen LogP contribution in [0.15, 0.2) is 156 Å². The van der Waals surface area contributed by atoms with Gasteiger partial charge in [-0.15, -0.1) is 11.3 Å². The molecule has 0 fully saturated rings. The Morgan fingerprint density at radius 2 is 1.16 bits per heavy atom. The lowest BCUT2D eigenvalue weighted by Crippen LogP contribution is -2.10. The summed E-state index contributed by atoms with van der Waals surface area (Å²) >= 11 is 1.84. The number of benzene rings is 7. The number of furan rings is 1. The Hall–Kier alpha value is -5.38. The maximum absolute atomic E-state index is 6.62. The van der Waals surface area contributed by atoms with E-state index in [0.29, 0.717) is 0 Å². The molecule has 7 aromatic carbocycles. The van der Waals surface area contributed by atoms with Crippen LogP contribution in [0.1, 0.15) is 0 Å². The predicted molar refractivity (Wildman–Crippen MR) is 184 cm³/mol. The maximum Gasteiger partial charge on any atom is 0.143 e. The topological polar surface area (TPSA) is 16.4 Å². The van der Waals surface area contributed by atoms with Crippen LogP contribution in [0.5, 0.6) is 0 Å². The van der Waals surface area contributed by atoms with Gasteiger partial charge in [-0.25, -0.2) is 0 Å². The largest absolute Gasteiger partial charge is 0.455 e. The lowest BCUT2D eigenvalue weighted by Gasteiger charge is -2.26. The van der Waals surface area contributed by atoms with Crippen LogP contribution in [-0.2, 0) is 0 Å². The highest BCUT2D eigenvalue weighted by Crippen LogP contribution is 2.46. The molecule has 9 aromatic rings. The molecule has 0 aliphatic carbocycles. The fraction of sp³-hybridized carbons (Fsp3) is 0. The molecular weight excluding hydrogens is 543 g/mol. The van der Waals surface area contributed by atoms with Gasteiger partial charge in [0.15, 0.2) is 0 Å². The van der Waals surface area contributed by atoms with Gasteiger partial charge in [-0.05, 0) is 65.0 Å². The minimum absolute atomic E-state index is 0.886. The van der Waals surface area contributed by atoms with Crippen LogP contribution in [0.3, 0.4) is 0 Å². The van der Waals surface area contributed by atoms with Gasteiger partial charge in [0.25, 0.3) is 0 Å². The SMILES string of the molecule is c1ccc(-c2ccc(N(c3ccc4c(c3)oc3c5ccccc5ccc43)c3cccc4sc5ccccc5c34)cc2)cc1. The van der Waals surface area contributed by atoms with Crippen LogP contribution >= 0.6 is 11.3 Å². The van der Waals surface area contributed by atoms with E-state index in [-0.39, 0.29) is 0 Å². The summed E-state index contributed by atoms with van der Waals surface area (Å²) in [5.74, 6) is 0. The van der Waals surface area contributed by atoms with Crippen LogP contribution in [-0.4, -0.2) is 0 Å². The Bertz CT molecular complexity index is 2450. The Labute approximate surface area is 252 Å². The van der Waals surface area contributed by atoms with Crippen molar-refractivity contribution < 1.29 is 4.42 Å². The van der Waals surface area contributed by atoms with E-state index in [2.05, 4.69) is 157 Å². The number of hydrogen-bond donors (Lipinski definition) is 0. The first-order valence-corrected chi connectivity index (χ1v) is 15.3. The molecule has 43 heavy (non-hydrogen) atoms. The zero-order chi connectivity index (χ0) is 28.3. The quantitative estimate of drug-likeness (QED) is 0.210. The molecule has 0 aliphatic rings. The highest BCUT2D eigenvalue weighted by atomic mass is 32.1. The van der Waals surface area contributed by atoms with Crippen LogP contribution in [0, 0.1) is 0 Å². The summed E-state index contributed by atoms with van der Waals surface area (Å²) in [5, 5.41) is 7.14. The van der Waals surface area contributed by atoms with Crippen molar-refractivity contribution in [2.75, 3.05) is 4.90 Å². The van der Waals surface area contributed by atoms with Gasteiger partial charge in [-0.2, -0.15) is 0 Å². The predicted octanol–water partition coefficient (Wildman–Crippen LogP) is 12.2. The second-order valence-electron chi connectivity index (χ2n) is 10.9. The van der Waals surface area contributed by atoms with Gasteiger partial charge < -0.3 is 9.32 Å². The lowest BCUT2D eigenvalue weighted by molar-refractivity contribution is 0.673. The minimum Gasteiger partial charge on any atom is -0.455 e. The fourth-order valence-corrected chi connectivity index (χ4v) is 7.56. The van der Waals surface area contributed by atoms with Crippen molar-refractivity contribution in [2.45, 2.75) is 0 Å². The van der Waals surface area contributed by atoms with E-state index in [9.17, 15) is 0 Å². The molecule has 2 nitrogen and oxygen atoms in total. The maximum atomic E-state index is 6.62. The molecule has 0 saturated heterocycles. The molecule has 0 N–H and O–H groups in total. The average molecular weight is 568 g/mol. The van der Waals surface area contributed by atoms with E-state index in [4.69, 9.17) is 4.42 Å². The van der Waals surface area contributed by atoms with Crippen molar-refractivity contribution in [2.24, 2.45) is 0 Å². The Balaban J connectivity index is 1.28. The van der Waals surface area contributed by atoms with Crippen molar-refractivity contribution in [3.05, 3.63) is 152 Å². The molecule has 0 atom stereocenters. The summed E-state index contributed by atoms with van der Waals surface area (Å²) in [6, 6.07) is 54.2. The lowest BCUT2D eigenvalue weighted by atomic mass is 10.0. The molecule has 0 saturated carbocycles. The van der Waals surface area contributed by atoms with Gasteiger partial charge >= 0.3 is 0 Å². The number of fused-ring (bicyclic) bond motifs is 8. The van der Waals surface area contributed by atoms with Crippen LogP contribution in [0.25, 0.3) is 64.0 Å². The van der Waals surface area contributed by atoms with Crippen molar-refractivity contribution >= 4 is 81.3 Å². The Morgan fingerprint density at radius 1 is 0.465 bits per heavy atom. The summed E-state index contributed by atoms with van der Waals surface area (Å²) in [6.07, 6.45) is 0. The Kier molecular flexibility index (Phi) is 5.40. The van der Waals surface area contributed by atoms with E-state index in [1.54, 1.807) is 0 Å². The number of hydrogen-bond acceptors (Lipinski definition) is 3. The third-order valence-electron chi connectivity index (χ3n) is 8.46. The van der Waals surface area contributed by atoms with Gasteiger partial charge in [0, 0.05) is 53.8 Å². The molecule has 2 heterocycles. The van der Waals surface area contributed by atoms with E-state index >= 15 is 0 Å². The number of rotatable bonds is 4. The van der Waals surface area contributed by atoms with E-state index in [1.807, 2.05) is 11.3 Å². The number of thiophene rings is 1. The standard InChI is InChI=1S/C40H25NOS/c1-2-9-26(10-3-1)27-17-20-29(21-18-27)41(35-14-8-16-38-39(35)34-13-6-7-15-37(34)43-38)30-22-24-32-33-23-19-28-11-4-5-12-31(28)40(33)42-36(32)25-30/h1-25H. The first-order chi connectivity index (χ1) is 21.3. The highest BCUT2D eigenvalue weighted by molar-refractivity contribution is 7.26. The van der Waals surface area contributed by atoms with Crippen LogP contribution in [0.4, 0.5) is 17.1 Å². The number of anilines is 3. The molecule has 0 radical (unpaired) electrons. The van der Waals surface area contributed by atoms with E-state index in [0.717, 1.165) is 44.4 Å². The second-order valence-corrected chi connectivity index (χ2v) is 12.0. The summed E-state index contributed by atoms with van der Waals surface area (Å²) in [4.78, 5) is 2.38. The molecule has 0 unspecified atom stereocenters. The molecule has 3 heteroatoms.